The highest BCUT2D eigenvalue weighted by molar-refractivity contribution is 5.86. The number of nitrogens with one attached hydrogen (secondary N) is 2. The first-order valence-corrected chi connectivity index (χ1v) is 10.2. The number of nitrogens with zero attached hydrogens (tertiary/aromatic N) is 5. The van der Waals surface area contributed by atoms with Crippen molar-refractivity contribution in [3.8, 4) is 11.3 Å². The first kappa shape index (κ1) is 23.6. The lowest BCUT2D eigenvalue weighted by atomic mass is 9.92. The van der Waals surface area contributed by atoms with Gasteiger partial charge >= 0.3 is 6.09 Å². The van der Waals surface area contributed by atoms with Crippen molar-refractivity contribution in [3.63, 3.8) is 0 Å². The van der Waals surface area contributed by atoms with Crippen molar-refractivity contribution < 1.29 is 38.4 Å². The largest absolute Gasteiger partial charge is 0.450 e. The Bertz CT molecular complexity index is 1140. The van der Waals surface area contributed by atoms with Crippen molar-refractivity contribution in [1.29, 1.82) is 0 Å². The number of amides is 1. The lowest BCUT2D eigenvalue weighted by Gasteiger charge is -2.41. The molecular formula is C19H21F2N7O6. The Morgan fingerprint density at radius 3 is 2.79 bits per heavy atom. The average molecular weight is 481 g/mol. The van der Waals surface area contributed by atoms with Gasteiger partial charge in [-0.1, -0.05) is 5.21 Å². The van der Waals surface area contributed by atoms with Gasteiger partial charge in [0.15, 0.2) is 17.5 Å². The molecule has 34 heavy (non-hydrogen) atoms. The van der Waals surface area contributed by atoms with Crippen molar-refractivity contribution in [1.82, 2.24) is 30.2 Å². The van der Waals surface area contributed by atoms with Crippen LogP contribution in [-0.4, -0.2) is 83.1 Å². The number of aromatic nitrogens is 6. The summed E-state index contributed by atoms with van der Waals surface area (Å²) in [7, 11) is 0. The van der Waals surface area contributed by atoms with E-state index >= 15 is 0 Å². The zero-order valence-electron chi connectivity index (χ0n) is 17.7. The van der Waals surface area contributed by atoms with E-state index in [2.05, 4.69) is 35.5 Å². The number of carbonyl (C=O) groups is 1. The lowest BCUT2D eigenvalue weighted by Crippen LogP contribution is -2.53. The first-order valence-electron chi connectivity index (χ1n) is 10.2. The number of benzene rings is 1. The number of hydrogen-bond donors (Lipinski definition) is 5. The molecule has 1 amide bonds. The molecule has 0 bridgehead atoms. The highest BCUT2D eigenvalue weighted by atomic mass is 19.2. The van der Waals surface area contributed by atoms with Crippen LogP contribution < -0.4 is 5.32 Å². The molecule has 1 aliphatic heterocycles. The Labute approximate surface area is 190 Å². The van der Waals surface area contributed by atoms with Gasteiger partial charge in [-0.2, -0.15) is 5.10 Å². The third-order valence-corrected chi connectivity index (χ3v) is 5.25. The molecular weight excluding hydrogens is 460 g/mol. The average Bonchev–Trinajstić information content (AvgIpc) is 3.50. The summed E-state index contributed by atoms with van der Waals surface area (Å²) in [6, 6.07) is 0.837. The van der Waals surface area contributed by atoms with Crippen molar-refractivity contribution in [2.24, 2.45) is 0 Å². The number of aromatic amines is 1. The molecule has 0 unspecified atom stereocenters. The van der Waals surface area contributed by atoms with Gasteiger partial charge in [0.2, 0.25) is 0 Å². The van der Waals surface area contributed by atoms with E-state index in [1.54, 1.807) is 6.92 Å². The Morgan fingerprint density at radius 1 is 1.32 bits per heavy atom. The molecule has 1 saturated heterocycles. The summed E-state index contributed by atoms with van der Waals surface area (Å²) >= 11 is 0. The predicted molar refractivity (Wildman–Crippen MR) is 108 cm³/mol. The summed E-state index contributed by atoms with van der Waals surface area (Å²) in [5.74, 6) is -2.38. The summed E-state index contributed by atoms with van der Waals surface area (Å²) in [5, 5.41) is 47.4. The van der Waals surface area contributed by atoms with E-state index in [0.29, 0.717) is 0 Å². The van der Waals surface area contributed by atoms with Crippen molar-refractivity contribution in [2.45, 2.75) is 37.4 Å². The maximum Gasteiger partial charge on any atom is 0.411 e. The van der Waals surface area contributed by atoms with Crippen LogP contribution in [0.4, 0.5) is 19.3 Å². The van der Waals surface area contributed by atoms with Gasteiger partial charge in [-0.3, -0.25) is 10.4 Å². The topological polar surface area (TPSA) is 181 Å². The molecule has 15 heteroatoms. The van der Waals surface area contributed by atoms with Crippen LogP contribution in [0.5, 0.6) is 0 Å². The molecule has 1 aliphatic rings. The molecule has 0 saturated carbocycles. The van der Waals surface area contributed by atoms with Gasteiger partial charge in [-0.15, -0.1) is 5.10 Å². The molecule has 3 aromatic rings. The Morgan fingerprint density at radius 2 is 2.12 bits per heavy atom. The van der Waals surface area contributed by atoms with Crippen LogP contribution in [0.2, 0.25) is 0 Å². The number of aliphatic hydroxyl groups excluding tert-OH is 3. The summed E-state index contributed by atoms with van der Waals surface area (Å²) < 4.78 is 39.7. The van der Waals surface area contributed by atoms with E-state index in [9.17, 15) is 28.9 Å². The molecule has 182 valence electrons. The predicted octanol–water partition coefficient (Wildman–Crippen LogP) is 0.305. The third-order valence-electron chi connectivity index (χ3n) is 5.25. The van der Waals surface area contributed by atoms with Gasteiger partial charge in [0.1, 0.15) is 42.5 Å². The molecule has 0 spiro atoms. The minimum Gasteiger partial charge on any atom is -0.450 e. The number of carbonyl (C=O) groups excluding carboxylic acids is 1. The van der Waals surface area contributed by atoms with Crippen LogP contribution in [0.3, 0.4) is 0 Å². The monoisotopic (exact) mass is 481 g/mol. The summed E-state index contributed by atoms with van der Waals surface area (Å²) in [5.41, 5.74) is -0.369. The Balaban J connectivity index is 1.66. The fraction of sp³-hybridized carbons (Fsp3) is 0.421. The maximum absolute atomic E-state index is 14.2. The van der Waals surface area contributed by atoms with Gasteiger partial charge in [0.05, 0.1) is 25.1 Å². The third kappa shape index (κ3) is 4.45. The Hall–Kier alpha value is -3.53. The second-order valence-corrected chi connectivity index (χ2v) is 7.37. The van der Waals surface area contributed by atoms with E-state index in [1.165, 1.54) is 12.5 Å². The van der Waals surface area contributed by atoms with E-state index < -0.39 is 60.5 Å². The summed E-state index contributed by atoms with van der Waals surface area (Å²) in [6.07, 6.45) is -3.45. The maximum atomic E-state index is 14.2. The number of ether oxygens (including phenoxy) is 2. The number of rotatable bonds is 6. The van der Waals surface area contributed by atoms with Crippen LogP contribution in [0.15, 0.2) is 24.7 Å². The zero-order valence-corrected chi connectivity index (χ0v) is 17.7. The first-order chi connectivity index (χ1) is 16.3. The van der Waals surface area contributed by atoms with Crippen LogP contribution in [0.25, 0.3) is 11.3 Å². The van der Waals surface area contributed by atoms with Crippen LogP contribution in [0.1, 0.15) is 24.9 Å². The van der Waals surface area contributed by atoms with E-state index in [-0.39, 0.29) is 23.7 Å². The van der Waals surface area contributed by atoms with Crippen molar-refractivity contribution in [2.75, 3.05) is 18.5 Å². The SMILES string of the molecule is CCOC(=O)Nc1cc(-c2cn([C@H]3[C@@H](O)[C@@H](CO)O[C@@H](c4ncn[nH]4)[C@@H]3O)nn2)cc(F)c1F. The Kier molecular flexibility index (Phi) is 6.78. The number of halogens is 2. The molecule has 2 aromatic heterocycles. The fourth-order valence-corrected chi connectivity index (χ4v) is 3.65. The van der Waals surface area contributed by atoms with Gasteiger partial charge in [0, 0.05) is 5.56 Å². The highest BCUT2D eigenvalue weighted by Gasteiger charge is 2.47. The molecule has 0 aliphatic carbocycles. The molecule has 5 atom stereocenters. The van der Waals surface area contributed by atoms with E-state index in [1.807, 2.05) is 0 Å². The van der Waals surface area contributed by atoms with Crippen molar-refractivity contribution in [3.05, 3.63) is 42.1 Å². The smallest absolute Gasteiger partial charge is 0.411 e. The minimum absolute atomic E-state index is 0.0314. The summed E-state index contributed by atoms with van der Waals surface area (Å²) in [4.78, 5) is 15.6. The lowest BCUT2D eigenvalue weighted by molar-refractivity contribution is -0.210. The highest BCUT2D eigenvalue weighted by Crippen LogP contribution is 2.37. The number of hydrogen-bond acceptors (Lipinski definition) is 10. The molecule has 4 rings (SSSR count). The molecule has 1 fully saturated rings. The number of aliphatic hydroxyl groups is 3. The summed E-state index contributed by atoms with van der Waals surface area (Å²) in [6.45, 7) is 1.02. The second kappa shape index (κ2) is 9.76. The number of anilines is 1. The van der Waals surface area contributed by atoms with Crippen LogP contribution in [-0.2, 0) is 9.47 Å². The number of H-pyrrole nitrogens is 1. The molecule has 1 aromatic carbocycles. The van der Waals surface area contributed by atoms with Crippen LogP contribution in [0, 0.1) is 11.6 Å². The molecule has 3 heterocycles. The standard InChI is InChI=1S/C19H21F2N7O6/c1-2-33-19(32)24-10-4-8(3-9(20)13(10)21)11-5-28(27-25-11)14-15(30)12(6-29)34-17(16(14)31)18-22-7-23-26-18/h3-5,7,12,14-17,29-31H,2,6H2,1H3,(H,24,32)(H,22,23,26)/t12-,14+,15+,16-,17-/m1/s1. The molecule has 13 nitrogen and oxygen atoms in total. The zero-order chi connectivity index (χ0) is 24.4. The van der Waals surface area contributed by atoms with Gasteiger partial charge < -0.3 is 24.8 Å². The second-order valence-electron chi connectivity index (χ2n) is 7.37. The quantitative estimate of drug-likeness (QED) is 0.329. The van der Waals surface area contributed by atoms with E-state index in [4.69, 9.17) is 4.74 Å². The van der Waals surface area contributed by atoms with Crippen LogP contribution >= 0.6 is 0 Å². The van der Waals surface area contributed by atoms with Gasteiger partial charge in [-0.25, -0.2) is 23.2 Å². The molecule has 5 N–H and O–H groups in total. The van der Waals surface area contributed by atoms with Crippen molar-refractivity contribution >= 4 is 11.8 Å². The molecule has 0 radical (unpaired) electrons. The normalized spacial score (nSPS) is 24.7. The van der Waals surface area contributed by atoms with Gasteiger partial charge in [0.25, 0.3) is 0 Å². The van der Waals surface area contributed by atoms with Gasteiger partial charge in [-0.05, 0) is 19.1 Å². The fourth-order valence-electron chi connectivity index (χ4n) is 3.65. The van der Waals surface area contributed by atoms with E-state index in [0.717, 1.165) is 16.8 Å². The minimum atomic E-state index is -1.40.